The highest BCUT2D eigenvalue weighted by molar-refractivity contribution is 4.92. The largest absolute Gasteiger partial charge is 0.361 e. The molecule has 0 aliphatic heterocycles. The van der Waals surface area contributed by atoms with Crippen LogP contribution >= 0.6 is 0 Å². The number of ether oxygens (including phenoxy) is 1. The van der Waals surface area contributed by atoms with Crippen LogP contribution in [0.15, 0.2) is 0 Å². The van der Waals surface area contributed by atoms with Crippen molar-refractivity contribution in [1.82, 2.24) is 5.32 Å². The molecule has 0 bridgehead atoms. The Hall–Kier alpha value is -0.150. The van der Waals surface area contributed by atoms with Crippen LogP contribution in [-0.2, 0) is 4.74 Å². The Morgan fingerprint density at radius 3 is 2.45 bits per heavy atom. The molecule has 0 amide bonds. The van der Waals surface area contributed by atoms with Gasteiger partial charge in [0.25, 0.3) is 0 Å². The molecule has 0 unspecified atom stereocenters. The second-order valence-electron chi connectivity index (χ2n) is 3.96. The summed E-state index contributed by atoms with van der Waals surface area (Å²) >= 11 is 0. The molecule has 0 radical (unpaired) electrons. The molecule has 1 rings (SSSR count). The molecule has 3 heteroatoms. The Balaban J connectivity index is 1.97. The van der Waals surface area contributed by atoms with E-state index < -0.39 is 6.17 Å². The Morgan fingerprint density at radius 2 is 2.09 bits per heavy atom. The predicted molar refractivity (Wildman–Crippen MR) is 42.1 cm³/mol. The SMILES string of the molecule is CC(C)(C)OCN[C@@H]1C[C@@H]1F. The van der Waals surface area contributed by atoms with Crippen molar-refractivity contribution < 1.29 is 9.13 Å². The van der Waals surface area contributed by atoms with Gasteiger partial charge in [-0.15, -0.1) is 0 Å². The van der Waals surface area contributed by atoms with E-state index in [9.17, 15) is 4.39 Å². The molecule has 0 heterocycles. The lowest BCUT2D eigenvalue weighted by atomic mass is 10.2. The molecule has 0 aromatic heterocycles. The molecule has 2 atom stereocenters. The van der Waals surface area contributed by atoms with Crippen LogP contribution in [-0.4, -0.2) is 24.5 Å². The van der Waals surface area contributed by atoms with Crippen molar-refractivity contribution in [2.45, 2.75) is 45.0 Å². The van der Waals surface area contributed by atoms with Crippen LogP contribution in [0.4, 0.5) is 4.39 Å². The fraction of sp³-hybridized carbons (Fsp3) is 1.00. The van der Waals surface area contributed by atoms with Crippen molar-refractivity contribution in [2.24, 2.45) is 0 Å². The van der Waals surface area contributed by atoms with Crippen molar-refractivity contribution >= 4 is 0 Å². The van der Waals surface area contributed by atoms with Gasteiger partial charge in [-0.05, 0) is 27.2 Å². The van der Waals surface area contributed by atoms with Gasteiger partial charge in [-0.1, -0.05) is 0 Å². The van der Waals surface area contributed by atoms with E-state index in [-0.39, 0.29) is 11.6 Å². The summed E-state index contributed by atoms with van der Waals surface area (Å²) in [5.74, 6) is 0. The molecule has 1 N–H and O–H groups in total. The summed E-state index contributed by atoms with van der Waals surface area (Å²) in [6.07, 6.45) is 0.00612. The smallest absolute Gasteiger partial charge is 0.117 e. The molecule has 66 valence electrons. The summed E-state index contributed by atoms with van der Waals surface area (Å²) in [5.41, 5.74) is -0.131. The molecule has 1 fully saturated rings. The van der Waals surface area contributed by atoms with Gasteiger partial charge >= 0.3 is 0 Å². The second-order valence-corrected chi connectivity index (χ2v) is 3.96. The molecule has 1 aliphatic carbocycles. The summed E-state index contributed by atoms with van der Waals surface area (Å²) in [7, 11) is 0. The Bertz CT molecular complexity index is 133. The third-order valence-corrected chi connectivity index (χ3v) is 1.56. The van der Waals surface area contributed by atoms with Crippen LogP contribution in [0.3, 0.4) is 0 Å². The number of rotatable bonds is 3. The minimum atomic E-state index is -0.640. The Labute approximate surface area is 67.1 Å². The first-order chi connectivity index (χ1) is 4.99. The van der Waals surface area contributed by atoms with E-state index in [0.717, 1.165) is 0 Å². The number of halogens is 1. The standard InChI is InChI=1S/C8H16FNO/c1-8(2,3)11-5-10-7-4-6(7)9/h6-7,10H,4-5H2,1-3H3/t6-,7+/m0/s1. The quantitative estimate of drug-likeness (QED) is 0.633. The van der Waals surface area contributed by atoms with Crippen molar-refractivity contribution in [3.63, 3.8) is 0 Å². The van der Waals surface area contributed by atoms with Crippen LogP contribution in [0.1, 0.15) is 27.2 Å². The minimum absolute atomic E-state index is 0.0531. The normalized spacial score (nSPS) is 30.5. The summed E-state index contributed by atoms with van der Waals surface area (Å²) in [6.45, 7) is 6.39. The fourth-order valence-electron chi connectivity index (χ4n) is 0.740. The van der Waals surface area contributed by atoms with Gasteiger partial charge in [0.05, 0.1) is 12.3 Å². The zero-order chi connectivity index (χ0) is 8.48. The van der Waals surface area contributed by atoms with Gasteiger partial charge in [0.15, 0.2) is 0 Å². The highest BCUT2D eigenvalue weighted by atomic mass is 19.1. The maximum absolute atomic E-state index is 12.3. The number of nitrogens with one attached hydrogen (secondary N) is 1. The highest BCUT2D eigenvalue weighted by Gasteiger charge is 2.36. The van der Waals surface area contributed by atoms with Crippen LogP contribution < -0.4 is 5.32 Å². The van der Waals surface area contributed by atoms with Gasteiger partial charge in [-0.3, -0.25) is 5.32 Å². The fourth-order valence-corrected chi connectivity index (χ4v) is 0.740. The van der Waals surface area contributed by atoms with Crippen LogP contribution in [0.25, 0.3) is 0 Å². The maximum atomic E-state index is 12.3. The minimum Gasteiger partial charge on any atom is -0.361 e. The first-order valence-electron chi connectivity index (χ1n) is 4.00. The first kappa shape index (κ1) is 8.94. The summed E-state index contributed by atoms with van der Waals surface area (Å²) in [5, 5.41) is 2.97. The maximum Gasteiger partial charge on any atom is 0.117 e. The van der Waals surface area contributed by atoms with Crippen LogP contribution in [0.5, 0.6) is 0 Å². The van der Waals surface area contributed by atoms with E-state index in [1.54, 1.807) is 0 Å². The van der Waals surface area contributed by atoms with Gasteiger partial charge in [0, 0.05) is 6.04 Å². The molecule has 0 aromatic rings. The molecule has 1 aliphatic rings. The predicted octanol–water partition coefficient (Wildman–Crippen LogP) is 1.46. The van der Waals surface area contributed by atoms with E-state index >= 15 is 0 Å². The lowest BCUT2D eigenvalue weighted by Crippen LogP contribution is -2.29. The van der Waals surface area contributed by atoms with Gasteiger partial charge in [0.2, 0.25) is 0 Å². The lowest BCUT2D eigenvalue weighted by Gasteiger charge is -2.19. The molecular formula is C8H16FNO. The molecular weight excluding hydrogens is 145 g/mol. The highest BCUT2D eigenvalue weighted by Crippen LogP contribution is 2.24. The molecule has 0 aromatic carbocycles. The topological polar surface area (TPSA) is 21.3 Å². The van der Waals surface area contributed by atoms with Gasteiger partial charge in [-0.2, -0.15) is 0 Å². The van der Waals surface area contributed by atoms with Gasteiger partial charge in [-0.25, -0.2) is 4.39 Å². The van der Waals surface area contributed by atoms with Crippen molar-refractivity contribution in [1.29, 1.82) is 0 Å². The van der Waals surface area contributed by atoms with Crippen molar-refractivity contribution in [2.75, 3.05) is 6.73 Å². The third kappa shape index (κ3) is 3.68. The van der Waals surface area contributed by atoms with Crippen LogP contribution in [0, 0.1) is 0 Å². The van der Waals surface area contributed by atoms with Gasteiger partial charge in [0.1, 0.15) is 6.17 Å². The Kier molecular flexibility index (Phi) is 2.50. The number of hydrogen-bond acceptors (Lipinski definition) is 2. The average molecular weight is 161 g/mol. The lowest BCUT2D eigenvalue weighted by molar-refractivity contribution is -0.0144. The van der Waals surface area contributed by atoms with E-state index in [4.69, 9.17) is 4.74 Å². The number of alkyl halides is 1. The van der Waals surface area contributed by atoms with Gasteiger partial charge < -0.3 is 4.74 Å². The second kappa shape index (κ2) is 3.07. The summed E-state index contributed by atoms with van der Waals surface area (Å²) < 4.78 is 17.6. The first-order valence-corrected chi connectivity index (χ1v) is 4.00. The zero-order valence-corrected chi connectivity index (χ0v) is 7.36. The average Bonchev–Trinajstić information content (AvgIpc) is 2.43. The van der Waals surface area contributed by atoms with Crippen LogP contribution in [0.2, 0.25) is 0 Å². The molecule has 1 saturated carbocycles. The summed E-state index contributed by atoms with van der Waals surface area (Å²) in [6, 6.07) is 0.0531. The summed E-state index contributed by atoms with van der Waals surface area (Å²) in [4.78, 5) is 0. The molecule has 2 nitrogen and oxygen atoms in total. The number of hydrogen-bond donors (Lipinski definition) is 1. The van der Waals surface area contributed by atoms with Crippen molar-refractivity contribution in [3.05, 3.63) is 0 Å². The van der Waals surface area contributed by atoms with Crippen molar-refractivity contribution in [3.8, 4) is 0 Å². The van der Waals surface area contributed by atoms with E-state index in [1.807, 2.05) is 20.8 Å². The Morgan fingerprint density at radius 1 is 1.55 bits per heavy atom. The van der Waals surface area contributed by atoms with E-state index in [0.29, 0.717) is 13.2 Å². The van der Waals surface area contributed by atoms with E-state index in [1.165, 1.54) is 0 Å². The molecule has 11 heavy (non-hydrogen) atoms. The molecule has 0 saturated heterocycles. The zero-order valence-electron chi connectivity index (χ0n) is 7.36. The molecule has 0 spiro atoms. The monoisotopic (exact) mass is 161 g/mol. The third-order valence-electron chi connectivity index (χ3n) is 1.56. The van der Waals surface area contributed by atoms with E-state index in [2.05, 4.69) is 5.32 Å².